The number of nitrogens with zero attached hydrogens (tertiary/aromatic N) is 4. The first-order valence-corrected chi connectivity index (χ1v) is 9.04. The van der Waals surface area contributed by atoms with Crippen molar-refractivity contribution >= 4 is 35.0 Å². The number of carbonyl (C=O) groups excluding carboxylic acids is 1. The minimum atomic E-state index is -0.699. The van der Waals surface area contributed by atoms with Gasteiger partial charge < -0.3 is 16.4 Å². The molecule has 10 heteroatoms. The summed E-state index contributed by atoms with van der Waals surface area (Å²) in [5, 5.41) is 10.5. The lowest BCUT2D eigenvalue weighted by molar-refractivity contribution is 0.100. The number of carbonyl (C=O) groups is 1. The van der Waals surface area contributed by atoms with Crippen molar-refractivity contribution in [2.24, 2.45) is 5.73 Å². The van der Waals surface area contributed by atoms with Crippen LogP contribution in [0.15, 0.2) is 36.8 Å². The number of halogens is 2. The van der Waals surface area contributed by atoms with Gasteiger partial charge in [0.05, 0.1) is 23.5 Å². The molecule has 1 aliphatic carbocycles. The highest BCUT2D eigenvalue weighted by Gasteiger charge is 2.24. The second-order valence-corrected chi connectivity index (χ2v) is 6.85. The van der Waals surface area contributed by atoms with Gasteiger partial charge in [-0.2, -0.15) is 10.1 Å². The van der Waals surface area contributed by atoms with Crippen LogP contribution in [0.5, 0.6) is 0 Å². The van der Waals surface area contributed by atoms with Crippen LogP contribution in [0.4, 0.5) is 21.8 Å². The van der Waals surface area contributed by atoms with E-state index in [2.05, 4.69) is 25.7 Å². The fourth-order valence-electron chi connectivity index (χ4n) is 2.70. The Morgan fingerprint density at radius 3 is 2.89 bits per heavy atom. The first kappa shape index (κ1) is 18.2. The molecular formula is C18H17ClFN7O. The van der Waals surface area contributed by atoms with Crippen LogP contribution in [0.3, 0.4) is 0 Å². The van der Waals surface area contributed by atoms with Crippen LogP contribution in [0.25, 0.3) is 0 Å². The largest absolute Gasteiger partial charge is 0.365 e. The molecular weight excluding hydrogens is 385 g/mol. The first-order chi connectivity index (χ1) is 13.5. The molecule has 1 saturated carbocycles. The van der Waals surface area contributed by atoms with Gasteiger partial charge in [0.15, 0.2) is 0 Å². The Labute approximate surface area is 164 Å². The Morgan fingerprint density at radius 2 is 2.18 bits per heavy atom. The minimum Gasteiger partial charge on any atom is -0.365 e. The zero-order chi connectivity index (χ0) is 19.7. The summed E-state index contributed by atoms with van der Waals surface area (Å²) < 4.78 is 15.9. The highest BCUT2D eigenvalue weighted by molar-refractivity contribution is 6.31. The third-order valence-electron chi connectivity index (χ3n) is 4.33. The number of hydrogen-bond acceptors (Lipinski definition) is 6. The van der Waals surface area contributed by atoms with Gasteiger partial charge in [-0.3, -0.25) is 9.48 Å². The molecule has 2 heterocycles. The van der Waals surface area contributed by atoms with Crippen LogP contribution in [0.1, 0.15) is 34.8 Å². The molecule has 4 N–H and O–H groups in total. The van der Waals surface area contributed by atoms with Crippen molar-refractivity contribution in [2.45, 2.75) is 25.4 Å². The topological polar surface area (TPSA) is 111 Å². The number of benzene rings is 1. The zero-order valence-electron chi connectivity index (χ0n) is 14.7. The fraction of sp³-hybridized carbons (Fsp3) is 0.222. The molecule has 0 unspecified atom stereocenters. The number of primary amides is 1. The summed E-state index contributed by atoms with van der Waals surface area (Å²) in [5.41, 5.74) is 6.47. The highest BCUT2D eigenvalue weighted by atomic mass is 35.5. The molecule has 1 fully saturated rings. The van der Waals surface area contributed by atoms with Crippen LogP contribution in [0, 0.1) is 5.82 Å². The number of nitrogens with one attached hydrogen (secondary N) is 2. The van der Waals surface area contributed by atoms with Crippen molar-refractivity contribution in [1.82, 2.24) is 19.7 Å². The van der Waals surface area contributed by atoms with Gasteiger partial charge >= 0.3 is 0 Å². The van der Waals surface area contributed by atoms with E-state index in [1.807, 2.05) is 10.9 Å². The second-order valence-electron chi connectivity index (χ2n) is 6.44. The quantitative estimate of drug-likeness (QED) is 0.560. The van der Waals surface area contributed by atoms with Crippen LogP contribution >= 0.6 is 11.6 Å². The smallest absolute Gasteiger partial charge is 0.254 e. The van der Waals surface area contributed by atoms with Gasteiger partial charge in [-0.05, 0) is 25.0 Å². The summed E-state index contributed by atoms with van der Waals surface area (Å²) in [7, 11) is 0. The Morgan fingerprint density at radius 1 is 1.36 bits per heavy atom. The van der Waals surface area contributed by atoms with Crippen molar-refractivity contribution < 1.29 is 9.18 Å². The summed E-state index contributed by atoms with van der Waals surface area (Å²) in [5.74, 6) is -0.725. The van der Waals surface area contributed by atoms with E-state index >= 15 is 0 Å². The Balaban J connectivity index is 1.55. The number of aromatic nitrogens is 4. The lowest BCUT2D eigenvalue weighted by atomic mass is 10.2. The Hall–Kier alpha value is -3.20. The fourth-order valence-corrected chi connectivity index (χ4v) is 2.93. The van der Waals surface area contributed by atoms with Crippen LogP contribution in [-0.4, -0.2) is 25.7 Å². The van der Waals surface area contributed by atoms with Crippen molar-refractivity contribution in [1.29, 1.82) is 0 Å². The van der Waals surface area contributed by atoms with Crippen molar-refractivity contribution in [3.8, 4) is 0 Å². The third-order valence-corrected chi connectivity index (χ3v) is 4.68. The van der Waals surface area contributed by atoms with E-state index in [0.717, 1.165) is 18.5 Å². The normalized spacial score (nSPS) is 13.4. The predicted octanol–water partition coefficient (Wildman–Crippen LogP) is 3.26. The predicted molar refractivity (Wildman–Crippen MR) is 103 cm³/mol. The van der Waals surface area contributed by atoms with Gasteiger partial charge in [-0.15, -0.1) is 0 Å². The monoisotopic (exact) mass is 401 g/mol. The second kappa shape index (κ2) is 7.43. The molecule has 8 nitrogen and oxygen atoms in total. The number of anilines is 3. The van der Waals surface area contributed by atoms with Crippen molar-refractivity contribution in [3.05, 3.63) is 58.8 Å². The van der Waals surface area contributed by atoms with Crippen LogP contribution in [0.2, 0.25) is 5.02 Å². The molecule has 0 bridgehead atoms. The molecule has 2 aromatic heterocycles. The maximum atomic E-state index is 14.0. The van der Waals surface area contributed by atoms with E-state index in [9.17, 15) is 9.18 Å². The van der Waals surface area contributed by atoms with Crippen molar-refractivity contribution in [2.75, 3.05) is 10.6 Å². The van der Waals surface area contributed by atoms with E-state index in [4.69, 9.17) is 17.3 Å². The first-order valence-electron chi connectivity index (χ1n) is 8.66. The average Bonchev–Trinajstić information content (AvgIpc) is 3.41. The number of amides is 1. The number of hydrogen-bond donors (Lipinski definition) is 3. The molecule has 0 aliphatic heterocycles. The van der Waals surface area contributed by atoms with Crippen molar-refractivity contribution in [3.63, 3.8) is 0 Å². The maximum absolute atomic E-state index is 14.0. The van der Waals surface area contributed by atoms with Gasteiger partial charge in [0.1, 0.15) is 11.6 Å². The molecule has 0 radical (unpaired) electrons. The standard InChI is InChI=1S/C18H17ClFN7O/c19-14-2-1-3-15(20)12(14)7-22-17-13(16(21)28)8-23-18(26-17)25-10-6-24-27(9-10)11-4-5-11/h1-3,6,8-9,11H,4-5,7H2,(H2,21,28)(H2,22,23,25,26). The molecule has 144 valence electrons. The Bertz CT molecular complexity index is 1010. The molecule has 1 aliphatic rings. The molecule has 0 atom stereocenters. The maximum Gasteiger partial charge on any atom is 0.254 e. The SMILES string of the molecule is NC(=O)c1cnc(Nc2cnn(C3CC3)c2)nc1NCc1c(F)cccc1Cl. The molecule has 1 aromatic carbocycles. The summed E-state index contributed by atoms with van der Waals surface area (Å²) in [6, 6.07) is 4.87. The third kappa shape index (κ3) is 3.89. The highest BCUT2D eigenvalue weighted by Crippen LogP contribution is 2.34. The van der Waals surface area contributed by atoms with Gasteiger partial charge in [0, 0.05) is 29.5 Å². The van der Waals surface area contributed by atoms with Gasteiger partial charge in [0.2, 0.25) is 5.95 Å². The molecule has 28 heavy (non-hydrogen) atoms. The van der Waals surface area contributed by atoms with Gasteiger partial charge in [-0.25, -0.2) is 9.37 Å². The minimum absolute atomic E-state index is 0.0296. The molecule has 1 amide bonds. The van der Waals surface area contributed by atoms with E-state index in [1.165, 1.54) is 18.3 Å². The summed E-state index contributed by atoms with van der Waals surface area (Å²) in [6.07, 6.45) is 7.11. The van der Waals surface area contributed by atoms with Crippen LogP contribution < -0.4 is 16.4 Å². The summed E-state index contributed by atoms with van der Waals surface area (Å²) in [4.78, 5) is 20.1. The molecule has 4 rings (SSSR count). The van der Waals surface area contributed by atoms with E-state index < -0.39 is 11.7 Å². The molecule has 0 saturated heterocycles. The van der Waals surface area contributed by atoms with E-state index in [0.29, 0.717) is 6.04 Å². The van der Waals surface area contributed by atoms with E-state index in [-0.39, 0.29) is 34.5 Å². The van der Waals surface area contributed by atoms with Gasteiger partial charge in [0.25, 0.3) is 5.91 Å². The number of nitrogens with two attached hydrogens (primary N) is 1. The lowest BCUT2D eigenvalue weighted by Crippen LogP contribution is -2.17. The number of rotatable bonds is 7. The lowest BCUT2D eigenvalue weighted by Gasteiger charge is -2.12. The zero-order valence-corrected chi connectivity index (χ0v) is 15.4. The summed E-state index contributed by atoms with van der Waals surface area (Å²) in [6.45, 7) is 0.0296. The summed E-state index contributed by atoms with van der Waals surface area (Å²) >= 11 is 6.04. The molecule has 0 spiro atoms. The molecule has 3 aromatic rings. The van der Waals surface area contributed by atoms with Gasteiger partial charge in [-0.1, -0.05) is 17.7 Å². The van der Waals surface area contributed by atoms with Crippen LogP contribution in [-0.2, 0) is 6.54 Å². The average molecular weight is 402 g/mol. The Kier molecular flexibility index (Phi) is 4.82. The van der Waals surface area contributed by atoms with E-state index in [1.54, 1.807) is 12.3 Å².